The van der Waals surface area contributed by atoms with Crippen LogP contribution in [0.4, 0.5) is 0 Å². The predicted molar refractivity (Wildman–Crippen MR) is 76.3 cm³/mol. The summed E-state index contributed by atoms with van der Waals surface area (Å²) in [5, 5.41) is 4.36. The molecule has 0 aliphatic carbocycles. The number of hydrogen-bond acceptors (Lipinski definition) is 4. The highest BCUT2D eigenvalue weighted by atomic mass is 16.5. The Hall–Kier alpha value is -1.40. The molecule has 0 aromatic carbocycles. The first-order chi connectivity index (χ1) is 9.63. The van der Waals surface area contributed by atoms with E-state index in [4.69, 9.17) is 10.5 Å². The average molecular weight is 280 g/mol. The van der Waals surface area contributed by atoms with Gasteiger partial charge in [-0.3, -0.25) is 9.48 Å². The SMILES string of the molecule is COC(CN)CC(=O)N1CCCC(n2cc(C)cn2)C1. The van der Waals surface area contributed by atoms with Crippen LogP contribution in [0.15, 0.2) is 12.4 Å². The van der Waals surface area contributed by atoms with E-state index in [1.165, 1.54) is 0 Å². The fraction of sp³-hybridized carbons (Fsp3) is 0.714. The Bertz CT molecular complexity index is 442. The summed E-state index contributed by atoms with van der Waals surface area (Å²) in [6.07, 6.45) is 6.14. The molecule has 1 fully saturated rings. The van der Waals surface area contributed by atoms with Gasteiger partial charge in [0, 0.05) is 32.9 Å². The van der Waals surface area contributed by atoms with Gasteiger partial charge >= 0.3 is 0 Å². The number of amides is 1. The molecular weight excluding hydrogens is 256 g/mol. The summed E-state index contributed by atoms with van der Waals surface area (Å²) in [4.78, 5) is 14.2. The van der Waals surface area contributed by atoms with Crippen molar-refractivity contribution in [3.63, 3.8) is 0 Å². The standard InChI is InChI=1S/C14H24N4O2/c1-11-8-16-18(9-11)12-4-3-5-17(10-12)14(19)6-13(7-15)20-2/h8-9,12-13H,3-7,10,15H2,1-2H3. The number of aryl methyl sites for hydroxylation is 1. The minimum absolute atomic E-state index is 0.121. The number of carbonyl (C=O) groups is 1. The quantitative estimate of drug-likeness (QED) is 0.862. The van der Waals surface area contributed by atoms with Crippen LogP contribution in [0.1, 0.15) is 30.9 Å². The lowest BCUT2D eigenvalue weighted by atomic mass is 10.0. The lowest BCUT2D eigenvalue weighted by molar-refractivity contribution is -0.135. The summed E-state index contributed by atoms with van der Waals surface area (Å²) in [5.74, 6) is 0.121. The van der Waals surface area contributed by atoms with Crippen molar-refractivity contribution < 1.29 is 9.53 Å². The Labute approximate surface area is 119 Å². The number of rotatable bonds is 5. The van der Waals surface area contributed by atoms with E-state index in [9.17, 15) is 4.79 Å². The zero-order chi connectivity index (χ0) is 14.5. The van der Waals surface area contributed by atoms with Crippen molar-refractivity contribution in [2.24, 2.45) is 5.73 Å². The van der Waals surface area contributed by atoms with Crippen LogP contribution < -0.4 is 5.73 Å². The van der Waals surface area contributed by atoms with Gasteiger partial charge in [-0.1, -0.05) is 0 Å². The van der Waals surface area contributed by atoms with Crippen molar-refractivity contribution in [1.29, 1.82) is 0 Å². The van der Waals surface area contributed by atoms with Gasteiger partial charge in [0.25, 0.3) is 0 Å². The van der Waals surface area contributed by atoms with Gasteiger partial charge in [-0.2, -0.15) is 5.10 Å². The third kappa shape index (κ3) is 3.58. The van der Waals surface area contributed by atoms with E-state index >= 15 is 0 Å². The Morgan fingerprint density at radius 3 is 3.05 bits per heavy atom. The average Bonchev–Trinajstić information content (AvgIpc) is 2.91. The van der Waals surface area contributed by atoms with Crippen LogP contribution in [0, 0.1) is 6.92 Å². The second-order valence-corrected chi connectivity index (χ2v) is 5.43. The number of hydrogen-bond donors (Lipinski definition) is 1. The molecular formula is C14H24N4O2. The molecule has 6 nitrogen and oxygen atoms in total. The molecule has 1 saturated heterocycles. The molecule has 6 heteroatoms. The number of nitrogens with zero attached hydrogens (tertiary/aromatic N) is 3. The van der Waals surface area contributed by atoms with Gasteiger partial charge in [0.15, 0.2) is 0 Å². The van der Waals surface area contributed by atoms with E-state index in [2.05, 4.69) is 5.10 Å². The monoisotopic (exact) mass is 280 g/mol. The third-order valence-corrected chi connectivity index (χ3v) is 3.85. The van der Waals surface area contributed by atoms with Crippen LogP contribution in [0.5, 0.6) is 0 Å². The lowest BCUT2D eigenvalue weighted by Gasteiger charge is -2.33. The molecule has 2 heterocycles. The van der Waals surface area contributed by atoms with Crippen molar-refractivity contribution in [3.05, 3.63) is 18.0 Å². The summed E-state index contributed by atoms with van der Waals surface area (Å²) in [5.41, 5.74) is 6.72. The summed E-state index contributed by atoms with van der Waals surface area (Å²) in [7, 11) is 1.59. The Morgan fingerprint density at radius 1 is 1.65 bits per heavy atom. The van der Waals surface area contributed by atoms with E-state index in [1.54, 1.807) is 7.11 Å². The predicted octanol–water partition coefficient (Wildman–Crippen LogP) is 0.719. The molecule has 0 radical (unpaired) electrons. The first-order valence-electron chi connectivity index (χ1n) is 7.15. The maximum absolute atomic E-state index is 12.3. The number of likely N-dealkylation sites (tertiary alicyclic amines) is 1. The highest BCUT2D eigenvalue weighted by Crippen LogP contribution is 2.22. The molecule has 0 bridgehead atoms. The van der Waals surface area contributed by atoms with Gasteiger partial charge in [0.05, 0.1) is 24.8 Å². The Balaban J connectivity index is 1.94. The maximum atomic E-state index is 12.3. The number of piperidine rings is 1. The van der Waals surface area contributed by atoms with Crippen LogP contribution in [-0.4, -0.2) is 53.4 Å². The zero-order valence-corrected chi connectivity index (χ0v) is 12.3. The number of carbonyl (C=O) groups excluding carboxylic acids is 1. The summed E-state index contributed by atoms with van der Waals surface area (Å²) < 4.78 is 7.16. The first kappa shape index (κ1) is 15.0. The normalized spacial score (nSPS) is 20.9. The van der Waals surface area contributed by atoms with Gasteiger partial charge in [0.1, 0.15) is 0 Å². The number of aromatic nitrogens is 2. The number of ether oxygens (including phenoxy) is 1. The summed E-state index contributed by atoms with van der Waals surface area (Å²) in [6.45, 7) is 3.94. The van der Waals surface area contributed by atoms with Gasteiger partial charge in [-0.25, -0.2) is 0 Å². The molecule has 2 rings (SSSR count). The van der Waals surface area contributed by atoms with Crippen LogP contribution in [0.25, 0.3) is 0 Å². The molecule has 2 N–H and O–H groups in total. The zero-order valence-electron chi connectivity index (χ0n) is 12.3. The second kappa shape index (κ2) is 6.85. The maximum Gasteiger partial charge on any atom is 0.225 e. The molecule has 1 amide bonds. The summed E-state index contributed by atoms with van der Waals surface area (Å²) >= 11 is 0. The minimum Gasteiger partial charge on any atom is -0.380 e. The number of nitrogens with two attached hydrogens (primary N) is 1. The van der Waals surface area contributed by atoms with Crippen LogP contribution in [0.3, 0.4) is 0 Å². The van der Waals surface area contributed by atoms with E-state index in [-0.39, 0.29) is 18.1 Å². The second-order valence-electron chi connectivity index (χ2n) is 5.43. The largest absolute Gasteiger partial charge is 0.380 e. The molecule has 1 aliphatic rings. The van der Waals surface area contributed by atoms with Crippen LogP contribution >= 0.6 is 0 Å². The molecule has 2 unspecified atom stereocenters. The van der Waals surface area contributed by atoms with E-state index in [0.717, 1.165) is 31.5 Å². The minimum atomic E-state index is -0.185. The van der Waals surface area contributed by atoms with Crippen molar-refractivity contribution >= 4 is 5.91 Å². The highest BCUT2D eigenvalue weighted by molar-refractivity contribution is 5.76. The molecule has 1 aromatic rings. The van der Waals surface area contributed by atoms with Gasteiger partial charge < -0.3 is 15.4 Å². The van der Waals surface area contributed by atoms with Crippen LogP contribution in [-0.2, 0) is 9.53 Å². The van der Waals surface area contributed by atoms with Crippen molar-refractivity contribution in [3.8, 4) is 0 Å². The Morgan fingerprint density at radius 2 is 2.45 bits per heavy atom. The molecule has 20 heavy (non-hydrogen) atoms. The van der Waals surface area contributed by atoms with Crippen molar-refractivity contribution in [2.75, 3.05) is 26.7 Å². The van der Waals surface area contributed by atoms with Gasteiger partial charge in [0.2, 0.25) is 5.91 Å². The first-order valence-corrected chi connectivity index (χ1v) is 7.15. The topological polar surface area (TPSA) is 73.4 Å². The van der Waals surface area contributed by atoms with E-state index < -0.39 is 0 Å². The van der Waals surface area contributed by atoms with Crippen molar-refractivity contribution in [1.82, 2.24) is 14.7 Å². The Kier molecular flexibility index (Phi) is 5.14. The van der Waals surface area contributed by atoms with E-state index in [1.807, 2.05) is 28.9 Å². The van der Waals surface area contributed by atoms with Gasteiger partial charge in [-0.05, 0) is 25.3 Å². The van der Waals surface area contributed by atoms with E-state index in [0.29, 0.717) is 13.0 Å². The smallest absolute Gasteiger partial charge is 0.225 e. The summed E-state index contributed by atoms with van der Waals surface area (Å²) in [6, 6.07) is 0.278. The van der Waals surface area contributed by atoms with Crippen LogP contribution in [0.2, 0.25) is 0 Å². The van der Waals surface area contributed by atoms with Gasteiger partial charge in [-0.15, -0.1) is 0 Å². The van der Waals surface area contributed by atoms with Crippen molar-refractivity contribution in [2.45, 2.75) is 38.3 Å². The highest BCUT2D eigenvalue weighted by Gasteiger charge is 2.26. The molecule has 1 aliphatic heterocycles. The molecule has 0 spiro atoms. The molecule has 1 aromatic heterocycles. The number of methoxy groups -OCH3 is 1. The fourth-order valence-electron chi connectivity index (χ4n) is 2.62. The molecule has 2 atom stereocenters. The molecule has 0 saturated carbocycles. The third-order valence-electron chi connectivity index (χ3n) is 3.85. The fourth-order valence-corrected chi connectivity index (χ4v) is 2.62. The lowest BCUT2D eigenvalue weighted by Crippen LogP contribution is -2.42. The molecule has 112 valence electrons.